The summed E-state index contributed by atoms with van der Waals surface area (Å²) < 4.78 is 0. The van der Waals surface area contributed by atoms with E-state index in [0.29, 0.717) is 6.42 Å². The maximum atomic E-state index is 9.68. The Hall–Kier alpha value is -0.120. The second-order valence-corrected chi connectivity index (χ2v) is 3.61. The quantitative estimate of drug-likeness (QED) is 0.548. The van der Waals surface area contributed by atoms with Gasteiger partial charge in [0.05, 0.1) is 11.7 Å². The molecule has 2 atom stereocenters. The zero-order valence-electron chi connectivity index (χ0n) is 7.54. The molecule has 11 heavy (non-hydrogen) atoms. The Bertz CT molecular complexity index is 113. The van der Waals surface area contributed by atoms with Gasteiger partial charge in [-0.1, -0.05) is 13.8 Å². The van der Waals surface area contributed by atoms with Gasteiger partial charge in [-0.25, -0.2) is 0 Å². The van der Waals surface area contributed by atoms with Gasteiger partial charge in [0.15, 0.2) is 0 Å². The molecule has 0 aromatic rings. The van der Waals surface area contributed by atoms with E-state index in [4.69, 9.17) is 10.8 Å². The lowest BCUT2D eigenvalue weighted by molar-refractivity contribution is -0.0286. The summed E-state index contributed by atoms with van der Waals surface area (Å²) >= 11 is 0. The zero-order chi connectivity index (χ0) is 9.07. The maximum absolute atomic E-state index is 9.68. The normalized spacial score (nSPS) is 19.9. The van der Waals surface area contributed by atoms with Gasteiger partial charge < -0.3 is 15.9 Å². The Labute approximate surface area is 68.2 Å². The van der Waals surface area contributed by atoms with E-state index < -0.39 is 11.7 Å². The van der Waals surface area contributed by atoms with Crippen molar-refractivity contribution in [3.8, 4) is 0 Å². The van der Waals surface area contributed by atoms with E-state index >= 15 is 0 Å². The van der Waals surface area contributed by atoms with Gasteiger partial charge in [0.25, 0.3) is 0 Å². The maximum Gasteiger partial charge on any atom is 0.0689 e. The van der Waals surface area contributed by atoms with Gasteiger partial charge in [0.1, 0.15) is 0 Å². The molecule has 0 aromatic carbocycles. The molecule has 0 aromatic heterocycles. The van der Waals surface area contributed by atoms with Crippen molar-refractivity contribution in [2.45, 2.75) is 38.9 Å². The number of nitrogens with two attached hydrogens (primary N) is 1. The number of aliphatic hydroxyl groups excluding tert-OH is 1. The van der Waals surface area contributed by atoms with Crippen LogP contribution in [0.2, 0.25) is 0 Å². The third kappa shape index (κ3) is 3.70. The molecular weight excluding hydrogens is 142 g/mol. The molecule has 0 radical (unpaired) electrons. The molecule has 0 amide bonds. The van der Waals surface area contributed by atoms with Crippen LogP contribution in [-0.2, 0) is 0 Å². The summed E-state index contributed by atoms with van der Waals surface area (Å²) in [6.45, 7) is 5.77. The van der Waals surface area contributed by atoms with Gasteiger partial charge in [-0.05, 0) is 12.8 Å². The van der Waals surface area contributed by atoms with Crippen LogP contribution in [0.1, 0.15) is 27.2 Å². The van der Waals surface area contributed by atoms with Crippen LogP contribution in [0.25, 0.3) is 0 Å². The average molecular weight is 161 g/mol. The van der Waals surface area contributed by atoms with Gasteiger partial charge in [-0.15, -0.1) is 0 Å². The first kappa shape index (κ1) is 10.9. The van der Waals surface area contributed by atoms with Crippen LogP contribution in [0.3, 0.4) is 0 Å². The minimum Gasteiger partial charge on any atom is -0.392 e. The molecule has 0 aliphatic carbocycles. The van der Waals surface area contributed by atoms with Crippen LogP contribution in [0.5, 0.6) is 0 Å². The van der Waals surface area contributed by atoms with Gasteiger partial charge in [0, 0.05) is 13.0 Å². The molecule has 0 aliphatic heterocycles. The molecule has 3 nitrogen and oxygen atoms in total. The van der Waals surface area contributed by atoms with Gasteiger partial charge in [0.2, 0.25) is 0 Å². The van der Waals surface area contributed by atoms with E-state index in [2.05, 4.69) is 0 Å². The molecule has 0 rings (SSSR count). The van der Waals surface area contributed by atoms with Crippen molar-refractivity contribution < 1.29 is 10.2 Å². The van der Waals surface area contributed by atoms with Gasteiger partial charge in [-0.2, -0.15) is 0 Å². The lowest BCUT2D eigenvalue weighted by Crippen LogP contribution is -2.37. The average Bonchev–Trinajstić information content (AvgIpc) is 1.86. The fourth-order valence-electron chi connectivity index (χ4n) is 0.796. The summed E-state index contributed by atoms with van der Waals surface area (Å²) in [6, 6.07) is 0. The van der Waals surface area contributed by atoms with E-state index in [1.807, 2.05) is 13.8 Å². The predicted molar refractivity (Wildman–Crippen MR) is 45.1 cm³/mol. The monoisotopic (exact) mass is 161 g/mol. The largest absolute Gasteiger partial charge is 0.392 e. The molecule has 3 heteroatoms. The highest BCUT2D eigenvalue weighted by atomic mass is 16.3. The molecule has 68 valence electrons. The summed E-state index contributed by atoms with van der Waals surface area (Å²) in [5, 5.41) is 18.8. The first-order chi connectivity index (χ1) is 4.90. The molecule has 0 saturated heterocycles. The van der Waals surface area contributed by atoms with Crippen LogP contribution >= 0.6 is 0 Å². The number of hydrogen-bond acceptors (Lipinski definition) is 3. The molecule has 0 unspecified atom stereocenters. The zero-order valence-corrected chi connectivity index (χ0v) is 7.54. The highest BCUT2D eigenvalue weighted by Gasteiger charge is 2.27. The summed E-state index contributed by atoms with van der Waals surface area (Å²) in [7, 11) is 0. The topological polar surface area (TPSA) is 66.5 Å². The number of aliphatic hydroxyl groups is 2. The Morgan fingerprint density at radius 2 is 1.91 bits per heavy atom. The summed E-state index contributed by atoms with van der Waals surface area (Å²) in [5.41, 5.74) is 4.41. The van der Waals surface area contributed by atoms with Crippen LogP contribution < -0.4 is 5.73 Å². The summed E-state index contributed by atoms with van der Waals surface area (Å²) in [5.74, 6) is 0.142. The van der Waals surface area contributed by atoms with Crippen LogP contribution in [0.15, 0.2) is 0 Å². The third-order valence-corrected chi connectivity index (χ3v) is 2.16. The molecule has 0 heterocycles. The SMILES string of the molecule is CC(C)[C@](C)(O)C[C@@H](O)CN. The third-order valence-electron chi connectivity index (χ3n) is 2.16. The van der Waals surface area contributed by atoms with E-state index in [1.165, 1.54) is 0 Å². The van der Waals surface area contributed by atoms with E-state index in [0.717, 1.165) is 0 Å². The Morgan fingerprint density at radius 3 is 2.18 bits per heavy atom. The Morgan fingerprint density at radius 1 is 1.45 bits per heavy atom. The van der Waals surface area contributed by atoms with Crippen molar-refractivity contribution in [3.05, 3.63) is 0 Å². The van der Waals surface area contributed by atoms with Crippen molar-refractivity contribution in [3.63, 3.8) is 0 Å². The molecule has 0 bridgehead atoms. The van der Waals surface area contributed by atoms with E-state index in [9.17, 15) is 5.11 Å². The second kappa shape index (κ2) is 4.04. The van der Waals surface area contributed by atoms with Crippen molar-refractivity contribution in [1.29, 1.82) is 0 Å². The molecule has 4 N–H and O–H groups in total. The second-order valence-electron chi connectivity index (χ2n) is 3.61. The van der Waals surface area contributed by atoms with Crippen LogP contribution in [0, 0.1) is 5.92 Å². The lowest BCUT2D eigenvalue weighted by atomic mass is 9.87. The summed E-state index contributed by atoms with van der Waals surface area (Å²) in [6.07, 6.45) is -0.242. The number of hydrogen-bond donors (Lipinski definition) is 3. The minimum atomic E-state index is -0.807. The Kier molecular flexibility index (Phi) is 4.00. The van der Waals surface area contributed by atoms with Crippen molar-refractivity contribution in [2.24, 2.45) is 11.7 Å². The predicted octanol–water partition coefficient (Wildman–Crippen LogP) is 0.103. The fourth-order valence-corrected chi connectivity index (χ4v) is 0.796. The van der Waals surface area contributed by atoms with Crippen LogP contribution in [-0.4, -0.2) is 28.5 Å². The minimum absolute atomic E-state index is 0.142. The molecule has 0 saturated carbocycles. The van der Waals surface area contributed by atoms with Crippen LogP contribution in [0.4, 0.5) is 0 Å². The summed E-state index contributed by atoms with van der Waals surface area (Å²) in [4.78, 5) is 0. The van der Waals surface area contributed by atoms with E-state index in [1.54, 1.807) is 6.92 Å². The molecular formula is C8H19NO2. The van der Waals surface area contributed by atoms with Gasteiger partial charge in [-0.3, -0.25) is 0 Å². The first-order valence-electron chi connectivity index (χ1n) is 4.00. The smallest absolute Gasteiger partial charge is 0.0689 e. The van der Waals surface area contributed by atoms with E-state index in [-0.39, 0.29) is 12.5 Å². The highest BCUT2D eigenvalue weighted by Crippen LogP contribution is 2.21. The highest BCUT2D eigenvalue weighted by molar-refractivity contribution is 4.79. The lowest BCUT2D eigenvalue weighted by Gasteiger charge is -2.29. The number of rotatable bonds is 4. The molecule has 0 spiro atoms. The van der Waals surface area contributed by atoms with Crippen molar-refractivity contribution in [1.82, 2.24) is 0 Å². The first-order valence-corrected chi connectivity index (χ1v) is 4.00. The Balaban J connectivity index is 3.90. The standard InChI is InChI=1S/C8H19NO2/c1-6(2)8(3,11)4-7(10)5-9/h6-7,10-11H,4-5,9H2,1-3H3/t7-,8-/m1/s1. The van der Waals surface area contributed by atoms with Crippen molar-refractivity contribution in [2.75, 3.05) is 6.54 Å². The fraction of sp³-hybridized carbons (Fsp3) is 1.00. The van der Waals surface area contributed by atoms with Gasteiger partial charge >= 0.3 is 0 Å². The molecule has 0 aliphatic rings. The molecule has 0 fully saturated rings. The van der Waals surface area contributed by atoms with Crippen molar-refractivity contribution >= 4 is 0 Å².